The maximum Gasteiger partial charge on any atom is 0.191 e. The summed E-state index contributed by atoms with van der Waals surface area (Å²) in [7, 11) is 0. The molecule has 3 rings (SSSR count). The third-order valence-corrected chi connectivity index (χ3v) is 4.62. The summed E-state index contributed by atoms with van der Waals surface area (Å²) in [6.07, 6.45) is 6.58. The molecule has 20 heavy (non-hydrogen) atoms. The van der Waals surface area contributed by atoms with Crippen molar-refractivity contribution in [1.29, 1.82) is 0 Å². The van der Waals surface area contributed by atoms with Gasteiger partial charge < -0.3 is 10.6 Å². The van der Waals surface area contributed by atoms with Gasteiger partial charge in [0, 0.05) is 12.6 Å². The number of guanidine groups is 1. The van der Waals surface area contributed by atoms with Gasteiger partial charge in [-0.2, -0.15) is 0 Å². The predicted octanol–water partition coefficient (Wildman–Crippen LogP) is 2.73. The van der Waals surface area contributed by atoms with Gasteiger partial charge in [-0.05, 0) is 37.2 Å². The first-order chi connectivity index (χ1) is 9.76. The van der Waals surface area contributed by atoms with Crippen LogP contribution in [-0.2, 0) is 6.42 Å². The molecule has 3 nitrogen and oxygen atoms in total. The summed E-state index contributed by atoms with van der Waals surface area (Å²) in [5, 5.41) is 6.95. The molecule has 1 fully saturated rings. The Labute approximate surface area is 121 Å². The summed E-state index contributed by atoms with van der Waals surface area (Å²) in [5.74, 6) is 0.997. The van der Waals surface area contributed by atoms with Gasteiger partial charge in [-0.3, -0.25) is 4.99 Å². The summed E-state index contributed by atoms with van der Waals surface area (Å²) in [5.41, 5.74) is 1.88. The van der Waals surface area contributed by atoms with Crippen LogP contribution in [-0.4, -0.2) is 25.1 Å². The highest BCUT2D eigenvalue weighted by atomic mass is 15.2. The number of hydrogen-bond acceptors (Lipinski definition) is 3. The molecule has 0 aromatic heterocycles. The maximum absolute atomic E-state index is 4.51. The molecule has 0 bridgehead atoms. The highest BCUT2D eigenvalue weighted by Crippen LogP contribution is 2.40. The second-order valence-electron chi connectivity index (χ2n) is 6.46. The van der Waals surface area contributed by atoms with Crippen LogP contribution in [0, 0.1) is 5.41 Å². The van der Waals surface area contributed by atoms with E-state index < -0.39 is 0 Å². The second-order valence-corrected chi connectivity index (χ2v) is 6.46. The van der Waals surface area contributed by atoms with Gasteiger partial charge in [0.2, 0.25) is 0 Å². The summed E-state index contributed by atoms with van der Waals surface area (Å²) in [6.45, 7) is 4.11. The molecule has 2 aliphatic rings. The molecule has 1 aromatic carbocycles. The summed E-state index contributed by atoms with van der Waals surface area (Å²) >= 11 is 0. The molecule has 1 saturated carbocycles. The van der Waals surface area contributed by atoms with Gasteiger partial charge in [-0.15, -0.1) is 0 Å². The number of nitrogens with zero attached hydrogens (tertiary/aromatic N) is 1. The monoisotopic (exact) mass is 271 g/mol. The molecule has 1 aromatic rings. The summed E-state index contributed by atoms with van der Waals surface area (Å²) in [6, 6.07) is 11.4. The van der Waals surface area contributed by atoms with Crippen LogP contribution >= 0.6 is 0 Å². The van der Waals surface area contributed by atoms with Gasteiger partial charge in [-0.1, -0.05) is 43.2 Å². The van der Waals surface area contributed by atoms with Crippen LogP contribution in [0.5, 0.6) is 0 Å². The average Bonchev–Trinajstić information content (AvgIpc) is 3.08. The Morgan fingerprint density at radius 3 is 2.65 bits per heavy atom. The Morgan fingerprint density at radius 2 is 2.00 bits per heavy atom. The molecule has 2 N–H and O–H groups in total. The van der Waals surface area contributed by atoms with Crippen molar-refractivity contribution in [3.05, 3.63) is 35.9 Å². The van der Waals surface area contributed by atoms with E-state index in [-0.39, 0.29) is 0 Å². The van der Waals surface area contributed by atoms with Crippen molar-refractivity contribution in [1.82, 2.24) is 10.6 Å². The first-order valence-corrected chi connectivity index (χ1v) is 7.85. The van der Waals surface area contributed by atoms with Crippen LogP contribution in [0.25, 0.3) is 0 Å². The highest BCUT2D eigenvalue weighted by Gasteiger charge is 2.34. The second kappa shape index (κ2) is 5.86. The smallest absolute Gasteiger partial charge is 0.191 e. The minimum atomic E-state index is 0.414. The van der Waals surface area contributed by atoms with Gasteiger partial charge in [0.05, 0.1) is 6.54 Å². The van der Waals surface area contributed by atoms with E-state index in [0.29, 0.717) is 11.5 Å². The lowest BCUT2D eigenvalue weighted by Crippen LogP contribution is -2.43. The highest BCUT2D eigenvalue weighted by molar-refractivity contribution is 5.81. The Morgan fingerprint density at radius 1 is 1.25 bits per heavy atom. The fraction of sp³-hybridized carbons (Fsp3) is 0.588. The first-order valence-electron chi connectivity index (χ1n) is 7.85. The molecule has 0 spiro atoms. The largest absolute Gasteiger partial charge is 0.356 e. The van der Waals surface area contributed by atoms with Crippen LogP contribution in [0.15, 0.2) is 35.3 Å². The zero-order chi connectivity index (χ0) is 13.8. The standard InChI is InChI=1S/C17H25N3/c1-14-12-18-16(20-14)19-13-17(9-5-6-10-17)11-15-7-3-2-4-8-15/h2-4,7-8,14H,5-6,9-13H2,1H3,(H2,18,19,20). The molecule has 1 aliphatic heterocycles. The average molecular weight is 271 g/mol. The van der Waals surface area contributed by atoms with E-state index in [1.165, 1.54) is 37.7 Å². The van der Waals surface area contributed by atoms with Gasteiger partial charge >= 0.3 is 0 Å². The van der Waals surface area contributed by atoms with E-state index in [1.807, 2.05) is 0 Å². The molecule has 3 heteroatoms. The minimum absolute atomic E-state index is 0.414. The zero-order valence-electron chi connectivity index (χ0n) is 12.4. The molecule has 0 saturated heterocycles. The van der Waals surface area contributed by atoms with Crippen molar-refractivity contribution >= 4 is 5.96 Å². The Hall–Kier alpha value is -1.51. The molecule has 1 unspecified atom stereocenters. The van der Waals surface area contributed by atoms with E-state index in [9.17, 15) is 0 Å². The molecule has 1 heterocycles. The lowest BCUT2D eigenvalue weighted by atomic mass is 9.80. The van der Waals surface area contributed by atoms with Gasteiger partial charge in [-0.25, -0.2) is 0 Å². The molecule has 0 amide bonds. The van der Waals surface area contributed by atoms with Gasteiger partial charge in [0.1, 0.15) is 0 Å². The van der Waals surface area contributed by atoms with Crippen LogP contribution in [0.2, 0.25) is 0 Å². The van der Waals surface area contributed by atoms with Gasteiger partial charge in [0.15, 0.2) is 5.96 Å². The molecular formula is C17H25N3. The van der Waals surface area contributed by atoms with Crippen LogP contribution in [0.3, 0.4) is 0 Å². The molecule has 1 atom stereocenters. The number of aliphatic imine (C=N–C) groups is 1. The van der Waals surface area contributed by atoms with Crippen molar-refractivity contribution < 1.29 is 0 Å². The van der Waals surface area contributed by atoms with E-state index in [4.69, 9.17) is 0 Å². The van der Waals surface area contributed by atoms with Crippen LogP contribution in [0.4, 0.5) is 0 Å². The normalized spacial score (nSPS) is 24.2. The number of benzene rings is 1. The SMILES string of the molecule is CC1CN=C(NCC2(Cc3ccccc3)CCCC2)N1. The lowest BCUT2D eigenvalue weighted by Gasteiger charge is -2.30. The third kappa shape index (κ3) is 3.14. The van der Waals surface area contributed by atoms with Crippen molar-refractivity contribution in [2.24, 2.45) is 10.4 Å². The van der Waals surface area contributed by atoms with Crippen molar-refractivity contribution in [3.8, 4) is 0 Å². The fourth-order valence-electron chi connectivity index (χ4n) is 3.50. The Balaban J connectivity index is 1.62. The van der Waals surface area contributed by atoms with Gasteiger partial charge in [0.25, 0.3) is 0 Å². The van der Waals surface area contributed by atoms with Crippen molar-refractivity contribution in [3.63, 3.8) is 0 Å². The Bertz CT molecular complexity index is 460. The summed E-state index contributed by atoms with van der Waals surface area (Å²) in [4.78, 5) is 4.51. The summed E-state index contributed by atoms with van der Waals surface area (Å²) < 4.78 is 0. The fourth-order valence-corrected chi connectivity index (χ4v) is 3.50. The van der Waals surface area contributed by atoms with Crippen molar-refractivity contribution in [2.75, 3.05) is 13.1 Å². The number of nitrogens with one attached hydrogen (secondary N) is 2. The van der Waals surface area contributed by atoms with Crippen LogP contribution in [0.1, 0.15) is 38.2 Å². The number of hydrogen-bond donors (Lipinski definition) is 2. The third-order valence-electron chi connectivity index (χ3n) is 4.62. The van der Waals surface area contributed by atoms with Crippen molar-refractivity contribution in [2.45, 2.75) is 45.1 Å². The molecule has 108 valence electrons. The zero-order valence-corrected chi connectivity index (χ0v) is 12.4. The lowest BCUT2D eigenvalue weighted by molar-refractivity contribution is 0.293. The van der Waals surface area contributed by atoms with E-state index in [2.05, 4.69) is 52.9 Å². The maximum atomic E-state index is 4.51. The van der Waals surface area contributed by atoms with E-state index >= 15 is 0 Å². The molecule has 0 radical (unpaired) electrons. The predicted molar refractivity (Wildman–Crippen MR) is 83.9 cm³/mol. The van der Waals surface area contributed by atoms with Crippen LogP contribution < -0.4 is 10.6 Å². The Kier molecular flexibility index (Phi) is 3.95. The molecule has 1 aliphatic carbocycles. The quantitative estimate of drug-likeness (QED) is 0.883. The van der Waals surface area contributed by atoms with E-state index in [0.717, 1.165) is 19.0 Å². The number of rotatable bonds is 4. The minimum Gasteiger partial charge on any atom is -0.356 e. The topological polar surface area (TPSA) is 36.4 Å². The molecular weight excluding hydrogens is 246 g/mol. The first kappa shape index (κ1) is 13.5. The van der Waals surface area contributed by atoms with E-state index in [1.54, 1.807) is 0 Å².